The number of benzene rings is 1. The first-order valence-corrected chi connectivity index (χ1v) is 9.55. The van der Waals surface area contributed by atoms with Gasteiger partial charge in [-0.2, -0.15) is 0 Å². The average molecular weight is 345 g/mol. The number of hydrogen-bond donors (Lipinski definition) is 1. The van der Waals surface area contributed by atoms with Crippen molar-refractivity contribution in [2.75, 3.05) is 18.0 Å². The van der Waals surface area contributed by atoms with Crippen molar-refractivity contribution in [1.82, 2.24) is 20.3 Å². The Morgan fingerprint density at radius 3 is 2.46 bits per heavy atom. The number of piperidine rings is 1. The third-order valence-electron chi connectivity index (χ3n) is 5.35. The second kappa shape index (κ2) is 6.65. The molecule has 0 atom stereocenters. The Labute approximate surface area is 153 Å². The summed E-state index contributed by atoms with van der Waals surface area (Å²) < 4.78 is 0. The molecule has 1 N–H and O–H groups in total. The zero-order valence-electron chi connectivity index (χ0n) is 14.8. The molecule has 1 saturated heterocycles. The van der Waals surface area contributed by atoms with Gasteiger partial charge in [-0.25, -0.2) is 9.97 Å². The van der Waals surface area contributed by atoms with Crippen molar-refractivity contribution in [2.45, 2.75) is 37.8 Å². The third-order valence-corrected chi connectivity index (χ3v) is 5.35. The summed E-state index contributed by atoms with van der Waals surface area (Å²) in [6, 6.07) is 13.7. The van der Waals surface area contributed by atoms with E-state index in [0.29, 0.717) is 6.04 Å². The monoisotopic (exact) mass is 345 g/mol. The fourth-order valence-corrected chi connectivity index (χ4v) is 3.77. The van der Waals surface area contributed by atoms with Gasteiger partial charge in [-0.1, -0.05) is 12.1 Å². The van der Waals surface area contributed by atoms with Gasteiger partial charge in [0.1, 0.15) is 5.82 Å². The molecule has 0 radical (unpaired) electrons. The third kappa shape index (κ3) is 3.15. The van der Waals surface area contributed by atoms with Crippen molar-refractivity contribution in [3.05, 3.63) is 48.8 Å². The summed E-state index contributed by atoms with van der Waals surface area (Å²) in [6.07, 6.45) is 8.67. The van der Waals surface area contributed by atoms with Gasteiger partial charge in [0.05, 0.1) is 5.52 Å². The molecule has 5 heteroatoms. The van der Waals surface area contributed by atoms with E-state index in [9.17, 15) is 0 Å². The van der Waals surface area contributed by atoms with Crippen LogP contribution in [0.2, 0.25) is 0 Å². The second-order valence-corrected chi connectivity index (χ2v) is 7.33. The lowest BCUT2D eigenvalue weighted by atomic mass is 10.0. The van der Waals surface area contributed by atoms with Crippen molar-refractivity contribution in [3.63, 3.8) is 0 Å². The van der Waals surface area contributed by atoms with Gasteiger partial charge in [0, 0.05) is 48.5 Å². The summed E-state index contributed by atoms with van der Waals surface area (Å²) in [4.78, 5) is 16.4. The zero-order chi connectivity index (χ0) is 17.3. The summed E-state index contributed by atoms with van der Waals surface area (Å²) in [5, 5.41) is 4.90. The van der Waals surface area contributed by atoms with E-state index in [0.717, 1.165) is 47.2 Å². The average Bonchev–Trinajstić information content (AvgIpc) is 3.52. The van der Waals surface area contributed by atoms with Crippen molar-refractivity contribution in [1.29, 1.82) is 0 Å². The highest BCUT2D eigenvalue weighted by molar-refractivity contribution is 5.91. The Balaban J connectivity index is 1.48. The molecule has 1 aromatic carbocycles. The van der Waals surface area contributed by atoms with E-state index in [-0.39, 0.29) is 0 Å². The van der Waals surface area contributed by atoms with Crippen LogP contribution in [0.3, 0.4) is 0 Å². The Morgan fingerprint density at radius 1 is 0.885 bits per heavy atom. The standard InChI is InChI=1S/C21H23N5/c1-2-6-19-18(5-1)21(25-20(24-19)15-4-3-11-22-14-15)26-12-9-17(10-13-26)23-16-7-8-16/h1-6,11,14,16-17,23H,7-10,12-13H2. The Morgan fingerprint density at radius 2 is 1.69 bits per heavy atom. The van der Waals surface area contributed by atoms with E-state index in [1.807, 2.05) is 24.4 Å². The zero-order valence-corrected chi connectivity index (χ0v) is 14.8. The van der Waals surface area contributed by atoms with Gasteiger partial charge in [-0.3, -0.25) is 4.98 Å². The number of hydrogen-bond acceptors (Lipinski definition) is 5. The molecule has 1 saturated carbocycles. The number of pyridine rings is 1. The van der Waals surface area contributed by atoms with E-state index >= 15 is 0 Å². The van der Waals surface area contributed by atoms with Gasteiger partial charge in [0.25, 0.3) is 0 Å². The Kier molecular flexibility index (Phi) is 4.02. The Bertz CT molecular complexity index is 899. The number of nitrogens with one attached hydrogen (secondary N) is 1. The Hall–Kier alpha value is -2.53. The van der Waals surface area contributed by atoms with E-state index in [4.69, 9.17) is 9.97 Å². The molecule has 5 rings (SSSR count). The largest absolute Gasteiger partial charge is 0.356 e. The molecule has 132 valence electrons. The molecule has 26 heavy (non-hydrogen) atoms. The van der Waals surface area contributed by atoms with Crippen LogP contribution in [-0.4, -0.2) is 40.1 Å². The molecule has 0 bridgehead atoms. The first-order valence-electron chi connectivity index (χ1n) is 9.55. The first kappa shape index (κ1) is 15.7. The quantitative estimate of drug-likeness (QED) is 0.785. The molecule has 2 aromatic heterocycles. The van der Waals surface area contributed by atoms with Crippen molar-refractivity contribution in [3.8, 4) is 11.4 Å². The van der Waals surface area contributed by atoms with Gasteiger partial charge < -0.3 is 10.2 Å². The van der Waals surface area contributed by atoms with Crippen LogP contribution < -0.4 is 10.2 Å². The van der Waals surface area contributed by atoms with E-state index in [2.05, 4.69) is 33.4 Å². The van der Waals surface area contributed by atoms with Gasteiger partial charge in [-0.05, 0) is 49.9 Å². The second-order valence-electron chi connectivity index (χ2n) is 7.33. The lowest BCUT2D eigenvalue weighted by Crippen LogP contribution is -2.43. The highest BCUT2D eigenvalue weighted by Gasteiger charge is 2.28. The van der Waals surface area contributed by atoms with E-state index in [1.165, 1.54) is 25.7 Å². The summed E-state index contributed by atoms with van der Waals surface area (Å²) in [5.41, 5.74) is 1.96. The highest BCUT2D eigenvalue weighted by atomic mass is 15.2. The molecule has 1 aliphatic heterocycles. The number of nitrogens with zero attached hydrogens (tertiary/aromatic N) is 4. The molecule has 2 fully saturated rings. The summed E-state index contributed by atoms with van der Waals surface area (Å²) in [7, 11) is 0. The van der Waals surface area contributed by atoms with Crippen LogP contribution in [0.15, 0.2) is 48.8 Å². The van der Waals surface area contributed by atoms with E-state index < -0.39 is 0 Å². The smallest absolute Gasteiger partial charge is 0.163 e. The van der Waals surface area contributed by atoms with Crippen LogP contribution in [0.25, 0.3) is 22.3 Å². The lowest BCUT2D eigenvalue weighted by molar-refractivity contribution is 0.412. The van der Waals surface area contributed by atoms with Crippen LogP contribution in [-0.2, 0) is 0 Å². The number of anilines is 1. The lowest BCUT2D eigenvalue weighted by Gasteiger charge is -2.34. The highest BCUT2D eigenvalue weighted by Crippen LogP contribution is 2.30. The van der Waals surface area contributed by atoms with Crippen molar-refractivity contribution >= 4 is 16.7 Å². The summed E-state index contributed by atoms with van der Waals surface area (Å²) >= 11 is 0. The van der Waals surface area contributed by atoms with Crippen LogP contribution >= 0.6 is 0 Å². The van der Waals surface area contributed by atoms with Gasteiger partial charge >= 0.3 is 0 Å². The normalized spacial score (nSPS) is 18.4. The number of fused-ring (bicyclic) bond motifs is 1. The van der Waals surface area contributed by atoms with Crippen LogP contribution in [0.4, 0.5) is 5.82 Å². The maximum atomic E-state index is 4.95. The molecule has 0 unspecified atom stereocenters. The fraction of sp³-hybridized carbons (Fsp3) is 0.381. The van der Waals surface area contributed by atoms with Crippen molar-refractivity contribution < 1.29 is 0 Å². The van der Waals surface area contributed by atoms with Gasteiger partial charge in [0.2, 0.25) is 0 Å². The van der Waals surface area contributed by atoms with Crippen molar-refractivity contribution in [2.24, 2.45) is 0 Å². The summed E-state index contributed by atoms with van der Waals surface area (Å²) in [6.45, 7) is 2.08. The number of para-hydroxylation sites is 1. The van der Waals surface area contributed by atoms with E-state index in [1.54, 1.807) is 6.20 Å². The van der Waals surface area contributed by atoms with Gasteiger partial charge in [-0.15, -0.1) is 0 Å². The molecule has 3 heterocycles. The van der Waals surface area contributed by atoms with Crippen LogP contribution in [0.5, 0.6) is 0 Å². The van der Waals surface area contributed by atoms with Crippen LogP contribution in [0, 0.1) is 0 Å². The SMILES string of the molecule is c1cncc(-c2nc(N3CCC(NC4CC4)CC3)c3ccccc3n2)c1. The first-order chi connectivity index (χ1) is 12.9. The fourth-order valence-electron chi connectivity index (χ4n) is 3.77. The molecule has 1 aliphatic carbocycles. The summed E-state index contributed by atoms with van der Waals surface area (Å²) in [5.74, 6) is 1.81. The minimum Gasteiger partial charge on any atom is -0.356 e. The molecule has 0 spiro atoms. The topological polar surface area (TPSA) is 53.9 Å². The minimum atomic E-state index is 0.657. The maximum absolute atomic E-state index is 4.95. The molecule has 2 aliphatic rings. The minimum absolute atomic E-state index is 0.657. The maximum Gasteiger partial charge on any atom is 0.163 e. The predicted octanol–water partition coefficient (Wildman–Crippen LogP) is 3.41. The van der Waals surface area contributed by atoms with Crippen LogP contribution in [0.1, 0.15) is 25.7 Å². The van der Waals surface area contributed by atoms with Gasteiger partial charge in [0.15, 0.2) is 5.82 Å². The molecular weight excluding hydrogens is 322 g/mol. The molecular formula is C21H23N5. The predicted molar refractivity (Wildman–Crippen MR) is 104 cm³/mol. The molecule has 5 nitrogen and oxygen atoms in total. The molecule has 0 amide bonds. The molecule has 3 aromatic rings. The number of aromatic nitrogens is 3. The number of rotatable bonds is 4.